The highest BCUT2D eigenvalue weighted by molar-refractivity contribution is 5.94. The second-order valence-electron chi connectivity index (χ2n) is 10.5. The van der Waals surface area contributed by atoms with Gasteiger partial charge in [-0.15, -0.1) is 0 Å². The Morgan fingerprint density at radius 2 is 1.77 bits per heavy atom. The Morgan fingerprint density at radius 3 is 2.49 bits per heavy atom. The fraction of sp³-hybridized carbons (Fsp3) is 0.424. The van der Waals surface area contributed by atoms with E-state index in [1.54, 1.807) is 13.2 Å². The number of carbonyl (C=O) groups excluding carboxylic acids is 1. The quantitative estimate of drug-likeness (QED) is 0.305. The number of rotatable bonds is 11. The first kappa shape index (κ1) is 28.9. The van der Waals surface area contributed by atoms with Crippen LogP contribution < -0.4 is 5.73 Å². The van der Waals surface area contributed by atoms with Gasteiger partial charge in [-0.1, -0.05) is 55.5 Å². The molecule has 3 aromatic rings. The summed E-state index contributed by atoms with van der Waals surface area (Å²) in [5.41, 5.74) is 10.8. The number of carbonyl (C=O) groups is 1. The van der Waals surface area contributed by atoms with Gasteiger partial charge in [-0.05, 0) is 84.9 Å². The van der Waals surface area contributed by atoms with Crippen molar-refractivity contribution in [1.82, 2.24) is 4.90 Å². The van der Waals surface area contributed by atoms with E-state index >= 15 is 4.39 Å². The van der Waals surface area contributed by atoms with Gasteiger partial charge in [0.1, 0.15) is 5.82 Å². The van der Waals surface area contributed by atoms with Crippen LogP contribution in [0.4, 0.5) is 4.39 Å². The van der Waals surface area contributed by atoms with Gasteiger partial charge in [0.25, 0.3) is 5.91 Å². The van der Waals surface area contributed by atoms with E-state index in [2.05, 4.69) is 13.0 Å². The molecule has 5 nitrogen and oxygen atoms in total. The van der Waals surface area contributed by atoms with Crippen molar-refractivity contribution in [2.45, 2.75) is 64.2 Å². The molecule has 6 heteroatoms. The summed E-state index contributed by atoms with van der Waals surface area (Å²) in [6.07, 6.45) is 3.83. The van der Waals surface area contributed by atoms with Gasteiger partial charge in [0, 0.05) is 37.9 Å². The molecule has 0 aliphatic carbocycles. The number of amides is 1. The molecule has 4 rings (SSSR count). The lowest BCUT2D eigenvalue weighted by atomic mass is 9.87. The number of aryl methyl sites for hydroxylation is 1. The lowest BCUT2D eigenvalue weighted by molar-refractivity contribution is 0.0383. The molecule has 3 N–H and O–H groups in total. The lowest BCUT2D eigenvalue weighted by Crippen LogP contribution is -2.41. The molecule has 0 radical (unpaired) electrons. The minimum absolute atomic E-state index is 0.0246. The van der Waals surface area contributed by atoms with E-state index in [4.69, 9.17) is 10.5 Å². The van der Waals surface area contributed by atoms with Crippen molar-refractivity contribution < 1.29 is 19.0 Å². The van der Waals surface area contributed by atoms with Crippen molar-refractivity contribution in [3.63, 3.8) is 0 Å². The summed E-state index contributed by atoms with van der Waals surface area (Å²) in [5.74, 6) is -0.0672. The third kappa shape index (κ3) is 7.13. The predicted octanol–water partition coefficient (Wildman–Crippen LogP) is 6.28. The monoisotopic (exact) mass is 532 g/mol. The molecule has 2 unspecified atom stereocenters. The van der Waals surface area contributed by atoms with Gasteiger partial charge in [-0.25, -0.2) is 4.39 Å². The summed E-state index contributed by atoms with van der Waals surface area (Å²) in [7, 11) is 1.66. The Morgan fingerprint density at radius 1 is 1.05 bits per heavy atom. The van der Waals surface area contributed by atoms with Crippen molar-refractivity contribution >= 4 is 5.91 Å². The Balaban J connectivity index is 1.32. The van der Waals surface area contributed by atoms with Gasteiger partial charge in [-0.3, -0.25) is 4.79 Å². The average Bonchev–Trinajstić information content (AvgIpc) is 2.99. The number of hydrogen-bond acceptors (Lipinski definition) is 4. The number of methoxy groups -OCH3 is 1. The molecular weight excluding hydrogens is 491 g/mol. The molecule has 3 aromatic carbocycles. The SMILES string of the molecule is CCc1cccc(-c2c(F)cccc2C(CCCC(O)C2CCN(C(=O)c3cccc(CN)c3)CC2)OC)c1. The molecule has 2 atom stereocenters. The zero-order chi connectivity index (χ0) is 27.8. The van der Waals surface area contributed by atoms with Gasteiger partial charge >= 0.3 is 0 Å². The van der Waals surface area contributed by atoms with Crippen LogP contribution in [0.3, 0.4) is 0 Å². The second-order valence-corrected chi connectivity index (χ2v) is 10.5. The molecule has 1 amide bonds. The Labute approximate surface area is 231 Å². The second kappa shape index (κ2) is 13.8. The van der Waals surface area contributed by atoms with Crippen LogP contribution in [-0.2, 0) is 17.7 Å². The first-order chi connectivity index (χ1) is 18.9. The topological polar surface area (TPSA) is 75.8 Å². The van der Waals surface area contributed by atoms with E-state index in [-0.39, 0.29) is 23.7 Å². The summed E-state index contributed by atoms with van der Waals surface area (Å²) >= 11 is 0. The molecule has 0 saturated carbocycles. The first-order valence-electron chi connectivity index (χ1n) is 14.1. The maximum Gasteiger partial charge on any atom is 0.253 e. The number of ether oxygens (including phenoxy) is 1. The molecule has 39 heavy (non-hydrogen) atoms. The van der Waals surface area contributed by atoms with Crippen LogP contribution in [0, 0.1) is 11.7 Å². The Kier molecular flexibility index (Phi) is 10.3. The zero-order valence-electron chi connectivity index (χ0n) is 23.1. The fourth-order valence-corrected chi connectivity index (χ4v) is 5.71. The minimum Gasteiger partial charge on any atom is -0.393 e. The van der Waals surface area contributed by atoms with Crippen molar-refractivity contribution in [1.29, 1.82) is 0 Å². The number of nitrogens with two attached hydrogens (primary N) is 1. The van der Waals surface area contributed by atoms with E-state index in [9.17, 15) is 9.90 Å². The molecule has 1 fully saturated rings. The van der Waals surface area contributed by atoms with Crippen LogP contribution in [-0.4, -0.2) is 42.2 Å². The third-order valence-corrected chi connectivity index (χ3v) is 8.05. The number of nitrogens with zero attached hydrogens (tertiary/aromatic N) is 1. The normalized spacial score (nSPS) is 15.8. The van der Waals surface area contributed by atoms with Crippen LogP contribution in [0.1, 0.15) is 72.2 Å². The number of halogens is 1. The smallest absolute Gasteiger partial charge is 0.253 e. The van der Waals surface area contributed by atoms with Crippen LogP contribution in [0.15, 0.2) is 66.7 Å². The minimum atomic E-state index is -0.437. The van der Waals surface area contributed by atoms with Crippen LogP contribution in [0.25, 0.3) is 11.1 Å². The number of hydrogen-bond donors (Lipinski definition) is 2. The first-order valence-corrected chi connectivity index (χ1v) is 14.1. The molecule has 1 saturated heterocycles. The Bertz CT molecular complexity index is 1240. The lowest BCUT2D eigenvalue weighted by Gasteiger charge is -2.34. The van der Waals surface area contributed by atoms with Crippen LogP contribution >= 0.6 is 0 Å². The molecule has 0 aromatic heterocycles. The highest BCUT2D eigenvalue weighted by Crippen LogP contribution is 2.36. The van der Waals surface area contributed by atoms with Gasteiger partial charge in [-0.2, -0.15) is 0 Å². The van der Waals surface area contributed by atoms with Crippen molar-refractivity contribution in [3.05, 3.63) is 94.8 Å². The molecule has 1 aliphatic heterocycles. The average molecular weight is 533 g/mol. The van der Waals surface area contributed by atoms with E-state index in [1.807, 2.05) is 53.4 Å². The molecule has 0 bridgehead atoms. The van der Waals surface area contributed by atoms with E-state index in [1.165, 1.54) is 6.07 Å². The summed E-state index contributed by atoms with van der Waals surface area (Å²) < 4.78 is 20.9. The summed E-state index contributed by atoms with van der Waals surface area (Å²) in [6.45, 7) is 3.77. The number of piperidine rings is 1. The predicted molar refractivity (Wildman–Crippen MR) is 154 cm³/mol. The molecule has 0 spiro atoms. The number of likely N-dealkylation sites (tertiary alicyclic amines) is 1. The molecule has 1 heterocycles. The van der Waals surface area contributed by atoms with Gasteiger partial charge in [0.05, 0.1) is 12.2 Å². The van der Waals surface area contributed by atoms with E-state index < -0.39 is 6.10 Å². The zero-order valence-corrected chi connectivity index (χ0v) is 23.1. The summed E-state index contributed by atoms with van der Waals surface area (Å²) in [6, 6.07) is 20.7. The third-order valence-electron chi connectivity index (χ3n) is 8.05. The van der Waals surface area contributed by atoms with Crippen molar-refractivity contribution in [3.8, 4) is 11.1 Å². The Hall–Kier alpha value is -3.06. The van der Waals surface area contributed by atoms with Gasteiger partial charge < -0.3 is 20.5 Å². The highest BCUT2D eigenvalue weighted by Gasteiger charge is 2.28. The van der Waals surface area contributed by atoms with Crippen molar-refractivity contribution in [2.75, 3.05) is 20.2 Å². The maximum atomic E-state index is 15.1. The highest BCUT2D eigenvalue weighted by atomic mass is 19.1. The maximum absolute atomic E-state index is 15.1. The molecular formula is C33H41FN2O3. The van der Waals surface area contributed by atoms with Crippen LogP contribution in [0.2, 0.25) is 0 Å². The number of benzene rings is 3. The van der Waals surface area contributed by atoms with Crippen LogP contribution in [0.5, 0.6) is 0 Å². The largest absolute Gasteiger partial charge is 0.393 e. The van der Waals surface area contributed by atoms with Gasteiger partial charge in [0.2, 0.25) is 0 Å². The summed E-state index contributed by atoms with van der Waals surface area (Å²) in [4.78, 5) is 14.8. The van der Waals surface area contributed by atoms with E-state index in [0.29, 0.717) is 43.6 Å². The molecule has 1 aliphatic rings. The van der Waals surface area contributed by atoms with Gasteiger partial charge in [0.15, 0.2) is 0 Å². The molecule has 208 valence electrons. The van der Waals surface area contributed by atoms with E-state index in [0.717, 1.165) is 47.9 Å². The number of aliphatic hydroxyl groups is 1. The standard InChI is InChI=1S/C33H41FN2O3/c1-3-23-8-4-10-26(20-23)32-28(12-6-13-29(32)34)31(39-2)15-7-14-30(37)25-16-18-36(19-17-25)33(38)27-11-5-9-24(21-27)22-35/h4-6,8-13,20-21,25,30-31,37H,3,7,14-19,22,35H2,1-2H3. The van der Waals surface area contributed by atoms with Crippen molar-refractivity contribution in [2.24, 2.45) is 11.7 Å². The number of aliphatic hydroxyl groups excluding tert-OH is 1. The summed E-state index contributed by atoms with van der Waals surface area (Å²) in [5, 5.41) is 11.0. The fourth-order valence-electron chi connectivity index (χ4n) is 5.71.